The minimum absolute atomic E-state index is 0.0524. The van der Waals surface area contributed by atoms with Gasteiger partial charge < -0.3 is 0 Å². The van der Waals surface area contributed by atoms with Gasteiger partial charge in [0, 0.05) is 48.2 Å². The molecule has 0 bridgehead atoms. The molecule has 4 aromatic rings. The van der Waals surface area contributed by atoms with Crippen molar-refractivity contribution in [1.82, 2.24) is 29.7 Å². The van der Waals surface area contributed by atoms with Gasteiger partial charge in [-0.25, -0.2) is 0 Å². The summed E-state index contributed by atoms with van der Waals surface area (Å²) in [6, 6.07) is 12.0. The molecule has 36 heavy (non-hydrogen) atoms. The van der Waals surface area contributed by atoms with Gasteiger partial charge >= 0.3 is 0 Å². The molecule has 0 saturated carbocycles. The predicted molar refractivity (Wildman–Crippen MR) is 134 cm³/mol. The van der Waals surface area contributed by atoms with E-state index in [4.69, 9.17) is 24.4 Å². The van der Waals surface area contributed by atoms with Gasteiger partial charge in [-0.05, 0) is 24.4 Å². The Morgan fingerprint density at radius 1 is 0.806 bits per heavy atom. The van der Waals surface area contributed by atoms with Crippen molar-refractivity contribution < 1.29 is 9.85 Å². The first-order valence-electron chi connectivity index (χ1n) is 10.2. The summed E-state index contributed by atoms with van der Waals surface area (Å²) in [7, 11) is 0. The highest BCUT2D eigenvalue weighted by Crippen LogP contribution is 2.13. The van der Waals surface area contributed by atoms with Crippen molar-refractivity contribution in [3.05, 3.63) is 101 Å². The zero-order chi connectivity index (χ0) is 25.7. The summed E-state index contributed by atoms with van der Waals surface area (Å²) in [4.78, 5) is 21.0. The molecule has 2 aromatic heterocycles. The molecule has 0 spiro atoms. The fraction of sp³-hybridized carbons (Fsp3) is 0.100. The van der Waals surface area contributed by atoms with E-state index in [2.05, 4.69) is 30.6 Å². The van der Waals surface area contributed by atoms with Crippen molar-refractivity contribution in [2.75, 3.05) is 0 Å². The molecule has 2 aromatic carbocycles. The van der Waals surface area contributed by atoms with Crippen LogP contribution >= 0.6 is 24.4 Å². The number of aryl methyl sites for hydroxylation is 2. The van der Waals surface area contributed by atoms with Gasteiger partial charge in [-0.15, -0.1) is 0 Å². The van der Waals surface area contributed by atoms with Crippen molar-refractivity contribution in [2.45, 2.75) is 12.8 Å². The normalized spacial score (nSPS) is 11.4. The van der Waals surface area contributed by atoms with E-state index in [0.717, 1.165) is 0 Å². The molecule has 2 N–H and O–H groups in total. The number of nitro benzene ring substituents is 2. The summed E-state index contributed by atoms with van der Waals surface area (Å²) < 4.78 is 3.31. The molecule has 0 unspecified atom stereocenters. The van der Waals surface area contributed by atoms with E-state index < -0.39 is 9.85 Å². The van der Waals surface area contributed by atoms with E-state index in [-0.39, 0.29) is 20.9 Å². The van der Waals surface area contributed by atoms with Crippen molar-refractivity contribution >= 4 is 48.2 Å². The van der Waals surface area contributed by atoms with Gasteiger partial charge in [0.05, 0.1) is 22.3 Å². The highest BCUT2D eigenvalue weighted by molar-refractivity contribution is 7.71. The number of hydrogen-bond acceptors (Lipinski definition) is 10. The third kappa shape index (κ3) is 5.68. The Kier molecular flexibility index (Phi) is 7.26. The molecule has 0 aliphatic heterocycles. The first-order chi connectivity index (χ1) is 17.3. The average molecular weight is 525 g/mol. The van der Waals surface area contributed by atoms with Crippen LogP contribution in [0, 0.1) is 29.8 Å². The molecule has 16 heteroatoms. The third-order valence-electron chi connectivity index (χ3n) is 4.81. The molecule has 0 aliphatic rings. The molecule has 0 fully saturated rings. The lowest BCUT2D eigenvalue weighted by molar-refractivity contribution is -0.385. The Bertz CT molecular complexity index is 1490. The quantitative estimate of drug-likeness (QED) is 0.144. The number of benzene rings is 2. The van der Waals surface area contributed by atoms with Crippen molar-refractivity contribution in [1.29, 1.82) is 0 Å². The van der Waals surface area contributed by atoms with Crippen molar-refractivity contribution in [2.24, 2.45) is 10.2 Å². The summed E-state index contributed by atoms with van der Waals surface area (Å²) in [6.07, 6.45) is 3.60. The summed E-state index contributed by atoms with van der Waals surface area (Å²) >= 11 is 10.5. The van der Waals surface area contributed by atoms with Gasteiger partial charge in [0.15, 0.2) is 11.6 Å². The van der Waals surface area contributed by atoms with Crippen LogP contribution < -0.4 is 0 Å². The molecule has 0 atom stereocenters. The summed E-state index contributed by atoms with van der Waals surface area (Å²) in [5, 5.41) is 44.3. The smallest absolute Gasteiger partial charge is 0.258 e. The number of aromatic amines is 2. The fourth-order valence-corrected chi connectivity index (χ4v) is 3.52. The molecule has 0 aliphatic carbocycles. The van der Waals surface area contributed by atoms with Crippen LogP contribution in [-0.2, 0) is 12.8 Å². The van der Waals surface area contributed by atoms with E-state index in [9.17, 15) is 20.2 Å². The Balaban J connectivity index is 1.52. The van der Waals surface area contributed by atoms with Gasteiger partial charge in [0.1, 0.15) is 0 Å². The zero-order valence-corrected chi connectivity index (χ0v) is 19.8. The second-order valence-electron chi connectivity index (χ2n) is 7.21. The first kappa shape index (κ1) is 24.4. The predicted octanol–water partition coefficient (Wildman–Crippen LogP) is 3.56. The monoisotopic (exact) mass is 524 g/mol. The number of rotatable bonds is 9. The van der Waals surface area contributed by atoms with Crippen LogP contribution in [-0.4, -0.2) is 52.0 Å². The second-order valence-corrected chi connectivity index (χ2v) is 7.98. The van der Waals surface area contributed by atoms with Crippen LogP contribution in [0.3, 0.4) is 0 Å². The van der Waals surface area contributed by atoms with Crippen LogP contribution in [0.5, 0.6) is 0 Å². The first-order valence-corrected chi connectivity index (χ1v) is 11.0. The molecular weight excluding hydrogens is 508 g/mol. The van der Waals surface area contributed by atoms with Crippen LogP contribution in [0.2, 0.25) is 0 Å². The zero-order valence-electron chi connectivity index (χ0n) is 18.2. The summed E-state index contributed by atoms with van der Waals surface area (Å²) in [6.45, 7) is 0. The average Bonchev–Trinajstić information content (AvgIpc) is 3.41. The molecule has 0 amide bonds. The summed E-state index contributed by atoms with van der Waals surface area (Å²) in [5.41, 5.74) is 0.941. The van der Waals surface area contributed by atoms with Crippen molar-refractivity contribution in [3.8, 4) is 0 Å². The third-order valence-corrected chi connectivity index (χ3v) is 5.34. The number of aromatic nitrogens is 6. The molecule has 0 radical (unpaired) electrons. The topological polar surface area (TPSA) is 178 Å². The summed E-state index contributed by atoms with van der Waals surface area (Å²) in [5.74, 6) is 0.981. The number of non-ortho nitro benzene ring substituents is 2. The second kappa shape index (κ2) is 10.7. The maximum atomic E-state index is 11.0. The number of nitrogens with one attached hydrogen (secondary N) is 2. The van der Waals surface area contributed by atoms with Gasteiger partial charge in [0.2, 0.25) is 9.54 Å². The highest BCUT2D eigenvalue weighted by atomic mass is 32.1. The molecule has 182 valence electrons. The standard InChI is InChI=1S/C20H16N10O4S2/c31-29(32)15-5-1-3-13(9-15)11-21-27-17(23-25-19(27)35)7-8-18-24-26-20(36)28(18)22-12-14-4-2-6-16(10-14)30(33)34/h1-6,9-12H,7-8H2,(H,25,35)(H,26,36)/b21-11+,22-12+. The van der Waals surface area contributed by atoms with Gasteiger partial charge in [-0.3, -0.25) is 30.4 Å². The fourth-order valence-electron chi connectivity index (χ4n) is 3.12. The number of hydrogen-bond donors (Lipinski definition) is 2. The van der Waals surface area contributed by atoms with Gasteiger partial charge in [-0.2, -0.15) is 29.8 Å². The maximum Gasteiger partial charge on any atom is 0.270 e. The van der Waals surface area contributed by atoms with Gasteiger partial charge in [0.25, 0.3) is 11.4 Å². The molecule has 14 nitrogen and oxygen atoms in total. The Morgan fingerprint density at radius 2 is 1.22 bits per heavy atom. The maximum absolute atomic E-state index is 11.0. The van der Waals surface area contributed by atoms with Crippen LogP contribution in [0.1, 0.15) is 22.8 Å². The SMILES string of the molecule is O=[N+]([O-])c1cccc(/C=N/n2c(CCc3n[nH]c(=S)n3/N=C/c3cccc([N+](=O)[O-])c3)n[nH]c2=S)c1. The number of H-pyrrole nitrogens is 2. The lowest BCUT2D eigenvalue weighted by Gasteiger charge is -2.02. The van der Waals surface area contributed by atoms with E-state index in [1.54, 1.807) is 24.3 Å². The van der Waals surface area contributed by atoms with E-state index >= 15 is 0 Å². The lowest BCUT2D eigenvalue weighted by Crippen LogP contribution is -2.05. The number of nitrogens with zero attached hydrogens (tertiary/aromatic N) is 8. The van der Waals surface area contributed by atoms with Crippen molar-refractivity contribution in [3.63, 3.8) is 0 Å². The van der Waals surface area contributed by atoms with Gasteiger partial charge in [-0.1, -0.05) is 24.3 Å². The van der Waals surface area contributed by atoms with E-state index in [1.807, 2.05) is 0 Å². The minimum atomic E-state index is -0.486. The lowest BCUT2D eigenvalue weighted by atomic mass is 10.2. The van der Waals surface area contributed by atoms with Crippen LogP contribution in [0.4, 0.5) is 11.4 Å². The van der Waals surface area contributed by atoms with Crippen LogP contribution in [0.15, 0.2) is 58.7 Å². The Hall–Kier alpha value is -4.70. The highest BCUT2D eigenvalue weighted by Gasteiger charge is 2.11. The Labute approximate surface area is 211 Å². The number of nitro groups is 2. The molecule has 0 saturated heterocycles. The minimum Gasteiger partial charge on any atom is -0.258 e. The molecule has 2 heterocycles. The molecule has 4 rings (SSSR count). The van der Waals surface area contributed by atoms with Crippen LogP contribution in [0.25, 0.3) is 0 Å². The van der Waals surface area contributed by atoms with E-state index in [0.29, 0.717) is 35.6 Å². The Morgan fingerprint density at radius 3 is 1.61 bits per heavy atom. The van der Waals surface area contributed by atoms with E-state index in [1.165, 1.54) is 46.0 Å². The molecular formula is C20H16N10O4S2. The largest absolute Gasteiger partial charge is 0.270 e.